The van der Waals surface area contributed by atoms with Gasteiger partial charge in [-0.25, -0.2) is 4.39 Å². The Morgan fingerprint density at radius 2 is 2.22 bits per heavy atom. The molecule has 98 valence electrons. The van der Waals surface area contributed by atoms with Crippen molar-refractivity contribution in [3.8, 4) is 0 Å². The summed E-state index contributed by atoms with van der Waals surface area (Å²) in [5, 5.41) is 6.14. The summed E-state index contributed by atoms with van der Waals surface area (Å²) >= 11 is 0. The molecule has 1 saturated heterocycles. The van der Waals surface area contributed by atoms with Crippen molar-refractivity contribution in [1.82, 2.24) is 10.6 Å². The minimum Gasteiger partial charge on any atom is -0.348 e. The molecule has 2 N–H and O–H groups in total. The number of aryl methyl sites for hydroxylation is 1. The van der Waals surface area contributed by atoms with E-state index >= 15 is 0 Å². The fraction of sp³-hybridized carbons (Fsp3) is 0.500. The molecule has 1 heterocycles. The van der Waals surface area contributed by atoms with Crippen LogP contribution in [0.5, 0.6) is 0 Å². The van der Waals surface area contributed by atoms with Gasteiger partial charge < -0.3 is 10.6 Å². The zero-order valence-electron chi connectivity index (χ0n) is 10.8. The maximum absolute atomic E-state index is 13.7. The number of piperidine rings is 1. The van der Waals surface area contributed by atoms with E-state index in [1.807, 2.05) is 0 Å². The molecule has 1 amide bonds. The molecule has 18 heavy (non-hydrogen) atoms. The second-order valence-electron chi connectivity index (χ2n) is 5.15. The van der Waals surface area contributed by atoms with Crippen LogP contribution in [-0.4, -0.2) is 25.0 Å². The number of carbonyl (C=O) groups is 1. The van der Waals surface area contributed by atoms with E-state index < -0.39 is 5.82 Å². The van der Waals surface area contributed by atoms with Crippen molar-refractivity contribution in [2.45, 2.75) is 26.3 Å². The number of rotatable bonds is 2. The average molecular weight is 250 g/mol. The highest BCUT2D eigenvalue weighted by Gasteiger charge is 2.21. The van der Waals surface area contributed by atoms with Gasteiger partial charge >= 0.3 is 0 Å². The molecule has 0 bridgehead atoms. The topological polar surface area (TPSA) is 41.1 Å². The molecule has 2 unspecified atom stereocenters. The predicted octanol–water partition coefficient (Wildman–Crippen LogP) is 1.86. The van der Waals surface area contributed by atoms with Crippen LogP contribution >= 0.6 is 0 Å². The minimum atomic E-state index is -0.454. The van der Waals surface area contributed by atoms with Crippen LogP contribution < -0.4 is 10.6 Å². The van der Waals surface area contributed by atoms with Gasteiger partial charge in [-0.05, 0) is 43.5 Å². The van der Waals surface area contributed by atoms with Crippen molar-refractivity contribution in [2.75, 3.05) is 13.1 Å². The third-order valence-corrected chi connectivity index (χ3v) is 3.27. The van der Waals surface area contributed by atoms with Gasteiger partial charge in [-0.1, -0.05) is 13.0 Å². The summed E-state index contributed by atoms with van der Waals surface area (Å²) in [6, 6.07) is 4.76. The Balaban J connectivity index is 2.03. The van der Waals surface area contributed by atoms with Crippen molar-refractivity contribution >= 4 is 5.91 Å². The molecule has 0 radical (unpaired) electrons. The Kier molecular flexibility index (Phi) is 3.97. The number of nitrogens with one attached hydrogen (secondary N) is 2. The van der Waals surface area contributed by atoms with Crippen molar-refractivity contribution in [3.63, 3.8) is 0 Å². The number of amides is 1. The molecule has 2 atom stereocenters. The first kappa shape index (κ1) is 13.0. The number of hydrogen-bond acceptors (Lipinski definition) is 2. The highest BCUT2D eigenvalue weighted by Crippen LogP contribution is 2.13. The molecule has 1 fully saturated rings. The Hall–Kier alpha value is -1.42. The van der Waals surface area contributed by atoms with Gasteiger partial charge in [-0.3, -0.25) is 4.79 Å². The summed E-state index contributed by atoms with van der Waals surface area (Å²) < 4.78 is 13.7. The summed E-state index contributed by atoms with van der Waals surface area (Å²) in [6.45, 7) is 5.67. The van der Waals surface area contributed by atoms with Gasteiger partial charge in [0.15, 0.2) is 0 Å². The van der Waals surface area contributed by atoms with Gasteiger partial charge in [0.1, 0.15) is 5.82 Å². The first-order chi connectivity index (χ1) is 8.56. The average Bonchev–Trinajstić information content (AvgIpc) is 2.28. The Morgan fingerprint density at radius 1 is 1.44 bits per heavy atom. The minimum absolute atomic E-state index is 0.0851. The van der Waals surface area contributed by atoms with E-state index in [4.69, 9.17) is 0 Å². The smallest absolute Gasteiger partial charge is 0.254 e. The van der Waals surface area contributed by atoms with E-state index in [9.17, 15) is 9.18 Å². The molecule has 3 nitrogen and oxygen atoms in total. The monoisotopic (exact) mass is 250 g/mol. The van der Waals surface area contributed by atoms with Crippen molar-refractivity contribution < 1.29 is 9.18 Å². The molecule has 0 saturated carbocycles. The zero-order valence-corrected chi connectivity index (χ0v) is 10.8. The fourth-order valence-corrected chi connectivity index (χ4v) is 2.33. The second kappa shape index (κ2) is 5.48. The molecule has 4 heteroatoms. The third-order valence-electron chi connectivity index (χ3n) is 3.27. The van der Waals surface area contributed by atoms with E-state index in [1.165, 1.54) is 6.07 Å². The molecule has 2 rings (SSSR count). The summed E-state index contributed by atoms with van der Waals surface area (Å²) in [5.41, 5.74) is 0.941. The highest BCUT2D eigenvalue weighted by atomic mass is 19.1. The Bertz CT molecular complexity index is 447. The molecule has 0 aromatic heterocycles. The van der Waals surface area contributed by atoms with Gasteiger partial charge in [-0.15, -0.1) is 0 Å². The molecule has 1 aliphatic rings. The van der Waals surface area contributed by atoms with Crippen LogP contribution in [0.4, 0.5) is 4.39 Å². The lowest BCUT2D eigenvalue weighted by Gasteiger charge is -2.28. The van der Waals surface area contributed by atoms with E-state index in [1.54, 1.807) is 19.1 Å². The number of carbonyl (C=O) groups excluding carboxylic acids is 1. The first-order valence-corrected chi connectivity index (χ1v) is 6.34. The van der Waals surface area contributed by atoms with Crippen LogP contribution in [0.25, 0.3) is 0 Å². The summed E-state index contributed by atoms with van der Waals surface area (Å²) in [4.78, 5) is 12.0. The van der Waals surface area contributed by atoms with Gasteiger partial charge in [-0.2, -0.15) is 0 Å². The molecule has 1 aliphatic heterocycles. The van der Waals surface area contributed by atoms with Gasteiger partial charge in [0.2, 0.25) is 0 Å². The van der Waals surface area contributed by atoms with Crippen molar-refractivity contribution in [3.05, 3.63) is 35.1 Å². The van der Waals surface area contributed by atoms with Gasteiger partial charge in [0, 0.05) is 12.6 Å². The molecule has 1 aromatic carbocycles. The number of halogens is 1. The molecule has 0 spiro atoms. The molecule has 0 aliphatic carbocycles. The van der Waals surface area contributed by atoms with Crippen LogP contribution in [0.2, 0.25) is 0 Å². The predicted molar refractivity (Wildman–Crippen MR) is 69.0 cm³/mol. The largest absolute Gasteiger partial charge is 0.348 e. The maximum Gasteiger partial charge on any atom is 0.254 e. The standard InChI is InChI=1S/C14H19FN2O/c1-9-3-4-12(13(15)6-9)14(18)17-11-5-10(2)7-16-8-11/h3-4,6,10-11,16H,5,7-8H2,1-2H3,(H,17,18). The summed E-state index contributed by atoms with van der Waals surface area (Å²) in [7, 11) is 0. The Labute approximate surface area is 107 Å². The number of hydrogen-bond donors (Lipinski definition) is 2. The Morgan fingerprint density at radius 3 is 2.89 bits per heavy atom. The lowest BCUT2D eigenvalue weighted by molar-refractivity contribution is 0.0921. The zero-order chi connectivity index (χ0) is 13.1. The second-order valence-corrected chi connectivity index (χ2v) is 5.15. The van der Waals surface area contributed by atoms with Crippen molar-refractivity contribution in [1.29, 1.82) is 0 Å². The van der Waals surface area contributed by atoms with Crippen LogP contribution in [0.15, 0.2) is 18.2 Å². The molecular weight excluding hydrogens is 231 g/mol. The van der Waals surface area contributed by atoms with Crippen molar-refractivity contribution in [2.24, 2.45) is 5.92 Å². The maximum atomic E-state index is 13.7. The quantitative estimate of drug-likeness (QED) is 0.841. The third kappa shape index (κ3) is 3.07. The van der Waals surface area contributed by atoms with Crippen LogP contribution in [0.1, 0.15) is 29.3 Å². The van der Waals surface area contributed by atoms with E-state index in [-0.39, 0.29) is 17.5 Å². The van der Waals surface area contributed by atoms with E-state index in [0.717, 1.165) is 25.1 Å². The fourth-order valence-electron chi connectivity index (χ4n) is 2.33. The number of benzene rings is 1. The normalized spacial score (nSPS) is 23.7. The van der Waals surface area contributed by atoms with Crippen LogP contribution in [0.3, 0.4) is 0 Å². The van der Waals surface area contributed by atoms with Gasteiger partial charge in [0.05, 0.1) is 5.56 Å². The van der Waals surface area contributed by atoms with E-state index in [2.05, 4.69) is 17.6 Å². The molecular formula is C14H19FN2O. The van der Waals surface area contributed by atoms with Crippen LogP contribution in [0, 0.1) is 18.7 Å². The highest BCUT2D eigenvalue weighted by molar-refractivity contribution is 5.94. The summed E-state index contributed by atoms with van der Waals surface area (Å²) in [6.07, 6.45) is 0.937. The van der Waals surface area contributed by atoms with Gasteiger partial charge in [0.25, 0.3) is 5.91 Å². The van der Waals surface area contributed by atoms with Crippen LogP contribution in [-0.2, 0) is 0 Å². The molecule has 1 aromatic rings. The summed E-state index contributed by atoms with van der Waals surface area (Å²) in [5.74, 6) is -0.246. The van der Waals surface area contributed by atoms with E-state index in [0.29, 0.717) is 5.92 Å². The SMILES string of the molecule is Cc1ccc(C(=O)NC2CNCC(C)C2)c(F)c1. The lowest BCUT2D eigenvalue weighted by atomic mass is 9.97. The first-order valence-electron chi connectivity index (χ1n) is 6.34. The lowest BCUT2D eigenvalue weighted by Crippen LogP contribution is -2.48.